The van der Waals surface area contributed by atoms with Crippen LogP contribution in [-0.2, 0) is 9.47 Å². The molecular formula is C6H4F6O2. The summed E-state index contributed by atoms with van der Waals surface area (Å²) in [6, 6.07) is -4.33. The van der Waals surface area contributed by atoms with Crippen LogP contribution < -0.4 is 0 Å². The second-order valence-corrected chi connectivity index (χ2v) is 1.95. The molecule has 0 aromatic carbocycles. The quantitative estimate of drug-likeness (QED) is 0.525. The fourth-order valence-electron chi connectivity index (χ4n) is 0.397. The van der Waals surface area contributed by atoms with Crippen LogP contribution in [0.1, 0.15) is 0 Å². The average molecular weight is 222 g/mol. The van der Waals surface area contributed by atoms with Crippen LogP contribution in [-0.4, -0.2) is 12.2 Å². The summed E-state index contributed by atoms with van der Waals surface area (Å²) in [4.78, 5) is 0. The summed E-state index contributed by atoms with van der Waals surface area (Å²) in [5.41, 5.74) is 0. The monoisotopic (exact) mass is 222 g/mol. The van der Waals surface area contributed by atoms with Crippen molar-refractivity contribution < 1.29 is 35.8 Å². The Balaban J connectivity index is 4.67. The van der Waals surface area contributed by atoms with E-state index in [0.717, 1.165) is 0 Å². The molecule has 0 fully saturated rings. The molecule has 2 nitrogen and oxygen atoms in total. The molecule has 82 valence electrons. The van der Waals surface area contributed by atoms with E-state index in [2.05, 4.69) is 22.6 Å². The first-order valence-electron chi connectivity index (χ1n) is 2.91. The van der Waals surface area contributed by atoms with E-state index in [0.29, 0.717) is 0 Å². The van der Waals surface area contributed by atoms with Gasteiger partial charge in [-0.25, -0.2) is 0 Å². The lowest BCUT2D eigenvalue weighted by atomic mass is 10.6. The Morgan fingerprint density at radius 3 is 1.14 bits per heavy atom. The highest BCUT2D eigenvalue weighted by Gasteiger charge is 2.64. The summed E-state index contributed by atoms with van der Waals surface area (Å²) in [5, 5.41) is 0. The smallest absolute Gasteiger partial charge is 0.399 e. The Morgan fingerprint density at radius 1 is 0.786 bits per heavy atom. The molecule has 8 heteroatoms. The Kier molecular flexibility index (Phi) is 3.44. The molecule has 0 saturated heterocycles. The van der Waals surface area contributed by atoms with Crippen LogP contribution in [0.15, 0.2) is 25.2 Å². The van der Waals surface area contributed by atoms with Gasteiger partial charge in [-0.1, -0.05) is 0 Å². The van der Waals surface area contributed by atoms with Crippen molar-refractivity contribution in [2.24, 2.45) is 0 Å². The molecular weight excluding hydrogens is 218 g/mol. The van der Waals surface area contributed by atoms with E-state index < -0.39 is 24.2 Å². The van der Waals surface area contributed by atoms with Crippen LogP contribution in [0.25, 0.3) is 0 Å². The van der Waals surface area contributed by atoms with Gasteiger partial charge in [0.15, 0.2) is 0 Å². The molecule has 0 unspecified atom stereocenters. The van der Waals surface area contributed by atoms with Gasteiger partial charge >= 0.3 is 12.2 Å². The third-order valence-corrected chi connectivity index (χ3v) is 0.817. The molecule has 0 aliphatic rings. The molecule has 0 rings (SSSR count). The summed E-state index contributed by atoms with van der Waals surface area (Å²) in [7, 11) is 0. The highest BCUT2D eigenvalue weighted by atomic mass is 19.3. The largest absolute Gasteiger partial charge is 0.509 e. The second kappa shape index (κ2) is 3.81. The zero-order valence-corrected chi connectivity index (χ0v) is 6.50. The van der Waals surface area contributed by atoms with Crippen LogP contribution in [0.2, 0.25) is 0 Å². The molecule has 0 aliphatic heterocycles. The maximum absolute atomic E-state index is 12.2. The van der Waals surface area contributed by atoms with Crippen molar-refractivity contribution in [1.29, 1.82) is 0 Å². The molecule has 0 N–H and O–H groups in total. The van der Waals surface area contributed by atoms with Gasteiger partial charge in [-0.15, -0.1) is 0 Å². The topological polar surface area (TPSA) is 18.5 Å². The second-order valence-electron chi connectivity index (χ2n) is 1.95. The van der Waals surface area contributed by atoms with E-state index in [-0.39, 0.29) is 0 Å². The average Bonchev–Trinajstić information content (AvgIpc) is 1.78. The van der Waals surface area contributed by atoms with Crippen molar-refractivity contribution in [1.82, 2.24) is 0 Å². The van der Waals surface area contributed by atoms with Gasteiger partial charge in [0, 0.05) is 0 Å². The Hall–Kier alpha value is -1.34. The molecule has 14 heavy (non-hydrogen) atoms. The number of ether oxygens (including phenoxy) is 2. The molecule has 0 radical (unpaired) electrons. The minimum atomic E-state index is -5.38. The van der Waals surface area contributed by atoms with Gasteiger partial charge in [0.05, 0.1) is 0 Å². The predicted molar refractivity (Wildman–Crippen MR) is 32.6 cm³/mol. The van der Waals surface area contributed by atoms with Gasteiger partial charge in [-0.2, -0.15) is 26.3 Å². The lowest BCUT2D eigenvalue weighted by Gasteiger charge is -2.23. The summed E-state index contributed by atoms with van der Waals surface area (Å²) in [6.07, 6.45) is -10.8. The van der Waals surface area contributed by atoms with Crippen LogP contribution in [0, 0.1) is 0 Å². The molecule has 0 aromatic heterocycles. The molecule has 0 amide bonds. The molecule has 0 spiro atoms. The fourth-order valence-corrected chi connectivity index (χ4v) is 0.397. The molecule has 0 aliphatic carbocycles. The van der Waals surface area contributed by atoms with Gasteiger partial charge in [-0.05, 0) is 13.2 Å². The number of halogens is 6. The van der Waals surface area contributed by atoms with Crippen molar-refractivity contribution in [3.63, 3.8) is 0 Å². The van der Waals surface area contributed by atoms with Crippen molar-refractivity contribution in [2.45, 2.75) is 12.2 Å². The number of alkyl halides is 4. The standard InChI is InChI=1S/C6H4F6O2/c1-3(7)13-5(9,10)6(11,12)14-4(2)8/h1-2H2. The molecule has 0 aromatic rings. The van der Waals surface area contributed by atoms with Crippen molar-refractivity contribution >= 4 is 0 Å². The highest BCUT2D eigenvalue weighted by molar-refractivity contribution is 4.78. The summed E-state index contributed by atoms with van der Waals surface area (Å²) in [6.45, 7) is 4.32. The maximum atomic E-state index is 12.2. The lowest BCUT2D eigenvalue weighted by molar-refractivity contribution is -0.419. The van der Waals surface area contributed by atoms with E-state index in [1.165, 1.54) is 0 Å². The van der Waals surface area contributed by atoms with Crippen molar-refractivity contribution in [3.05, 3.63) is 25.2 Å². The Labute approximate surface area is 74.4 Å². The molecule has 0 atom stereocenters. The van der Waals surface area contributed by atoms with E-state index in [9.17, 15) is 26.3 Å². The first kappa shape index (κ1) is 12.7. The van der Waals surface area contributed by atoms with E-state index in [1.54, 1.807) is 0 Å². The third-order valence-electron chi connectivity index (χ3n) is 0.817. The number of hydrogen-bond donors (Lipinski definition) is 0. The predicted octanol–water partition coefficient (Wildman–Crippen LogP) is 3.09. The fraction of sp³-hybridized carbons (Fsp3) is 0.333. The Bertz CT molecular complexity index is 223. The van der Waals surface area contributed by atoms with Gasteiger partial charge in [0.1, 0.15) is 0 Å². The minimum Gasteiger partial charge on any atom is -0.399 e. The maximum Gasteiger partial charge on any atom is 0.509 e. The normalized spacial score (nSPS) is 12.1. The SMILES string of the molecule is C=C(F)OC(F)(F)C(F)(F)OC(=C)F. The first-order chi connectivity index (χ1) is 6.08. The molecule has 0 heterocycles. The van der Waals surface area contributed by atoms with E-state index in [1.807, 2.05) is 0 Å². The highest BCUT2D eigenvalue weighted by Crippen LogP contribution is 2.39. The number of hydrogen-bond acceptors (Lipinski definition) is 2. The van der Waals surface area contributed by atoms with Gasteiger partial charge < -0.3 is 9.47 Å². The van der Waals surface area contributed by atoms with E-state index >= 15 is 0 Å². The van der Waals surface area contributed by atoms with Crippen LogP contribution in [0.4, 0.5) is 26.3 Å². The zero-order valence-electron chi connectivity index (χ0n) is 6.50. The van der Waals surface area contributed by atoms with Crippen LogP contribution >= 0.6 is 0 Å². The van der Waals surface area contributed by atoms with Gasteiger partial charge in [-0.3, -0.25) is 0 Å². The first-order valence-corrected chi connectivity index (χ1v) is 2.91. The third kappa shape index (κ3) is 3.19. The molecule has 0 saturated carbocycles. The summed E-state index contributed by atoms with van der Waals surface area (Å²) in [5.74, 6) is 0. The van der Waals surface area contributed by atoms with E-state index in [4.69, 9.17) is 0 Å². The van der Waals surface area contributed by atoms with Gasteiger partial charge in [0.2, 0.25) is 0 Å². The van der Waals surface area contributed by atoms with Gasteiger partial charge in [0.25, 0.3) is 12.0 Å². The number of rotatable bonds is 5. The lowest BCUT2D eigenvalue weighted by Crippen LogP contribution is -2.44. The minimum absolute atomic E-state index is 2.16. The summed E-state index contributed by atoms with van der Waals surface area (Å²) < 4.78 is 77.6. The van der Waals surface area contributed by atoms with Crippen LogP contribution in [0.5, 0.6) is 0 Å². The molecule has 0 bridgehead atoms. The Morgan fingerprint density at radius 2 is 1.00 bits per heavy atom. The summed E-state index contributed by atoms with van der Waals surface area (Å²) >= 11 is 0. The van der Waals surface area contributed by atoms with Crippen molar-refractivity contribution in [2.75, 3.05) is 0 Å². The van der Waals surface area contributed by atoms with Crippen LogP contribution in [0.3, 0.4) is 0 Å². The van der Waals surface area contributed by atoms with Crippen molar-refractivity contribution in [3.8, 4) is 0 Å². The zero-order chi connectivity index (χ0) is 11.6.